The first-order valence-electron chi connectivity index (χ1n) is 15.4. The van der Waals surface area contributed by atoms with Crippen molar-refractivity contribution in [2.45, 2.75) is 91.5 Å². The highest BCUT2D eigenvalue weighted by Gasteiger charge is 2.39. The van der Waals surface area contributed by atoms with Crippen molar-refractivity contribution in [3.05, 3.63) is 53.1 Å². The van der Waals surface area contributed by atoms with E-state index in [-0.39, 0.29) is 37.2 Å². The van der Waals surface area contributed by atoms with Crippen LogP contribution in [-0.4, -0.2) is 65.3 Å². The van der Waals surface area contributed by atoms with Crippen LogP contribution in [0.4, 0.5) is 15.3 Å². The van der Waals surface area contributed by atoms with Crippen molar-refractivity contribution < 1.29 is 38.1 Å². The Morgan fingerprint density at radius 3 is 2.18 bits per heavy atom. The molecule has 1 saturated carbocycles. The number of amides is 4. The molecule has 1 atom stereocenters. The molecule has 1 aliphatic carbocycles. The van der Waals surface area contributed by atoms with E-state index in [2.05, 4.69) is 5.32 Å². The van der Waals surface area contributed by atoms with Gasteiger partial charge in [-0.1, -0.05) is 18.2 Å². The smallest absolute Gasteiger partial charge is 0.419 e. The van der Waals surface area contributed by atoms with E-state index >= 15 is 0 Å². The Morgan fingerprint density at radius 2 is 1.62 bits per heavy atom. The normalized spacial score (nSPS) is 15.2. The highest BCUT2D eigenvalue weighted by atomic mass is 16.6. The maximum Gasteiger partial charge on any atom is 0.419 e. The molecule has 2 aliphatic rings. The Bertz CT molecular complexity index is 1410. The van der Waals surface area contributed by atoms with Crippen molar-refractivity contribution in [3.8, 4) is 11.5 Å². The number of benzene rings is 2. The fraction of sp³-hybridized carbons (Fsp3) is 0.529. The molecule has 0 spiro atoms. The van der Waals surface area contributed by atoms with Crippen LogP contribution in [0.2, 0.25) is 0 Å². The van der Waals surface area contributed by atoms with Crippen LogP contribution in [0.3, 0.4) is 0 Å². The van der Waals surface area contributed by atoms with Gasteiger partial charge in [-0.2, -0.15) is 0 Å². The third-order valence-electron chi connectivity index (χ3n) is 7.27. The van der Waals surface area contributed by atoms with Crippen LogP contribution >= 0.6 is 0 Å². The van der Waals surface area contributed by atoms with Crippen LogP contribution in [0.25, 0.3) is 0 Å². The van der Waals surface area contributed by atoms with Crippen LogP contribution in [0, 0.1) is 5.92 Å². The Balaban J connectivity index is 1.70. The van der Waals surface area contributed by atoms with E-state index in [1.165, 1.54) is 0 Å². The summed E-state index contributed by atoms with van der Waals surface area (Å²) in [6, 6.07) is 10.2. The maximum absolute atomic E-state index is 14.1. The number of anilines is 1. The number of rotatable bonds is 10. The van der Waals surface area contributed by atoms with Crippen LogP contribution < -0.4 is 14.8 Å². The third kappa shape index (κ3) is 8.46. The van der Waals surface area contributed by atoms with E-state index in [0.29, 0.717) is 29.4 Å². The van der Waals surface area contributed by atoms with E-state index in [4.69, 9.17) is 18.9 Å². The van der Waals surface area contributed by atoms with Gasteiger partial charge in [0.2, 0.25) is 5.91 Å². The van der Waals surface area contributed by atoms with Crippen molar-refractivity contribution in [1.82, 2.24) is 9.80 Å². The predicted octanol–water partition coefficient (Wildman–Crippen LogP) is 6.70. The zero-order valence-electron chi connectivity index (χ0n) is 27.5. The lowest BCUT2D eigenvalue weighted by molar-refractivity contribution is -0.117. The van der Waals surface area contributed by atoms with Gasteiger partial charge in [-0.05, 0) is 97.1 Å². The lowest BCUT2D eigenvalue weighted by atomic mass is 10.0. The largest absolute Gasteiger partial charge is 0.493 e. The molecule has 2 aromatic carbocycles. The van der Waals surface area contributed by atoms with Gasteiger partial charge in [-0.15, -0.1) is 0 Å². The number of methoxy groups -OCH3 is 1. The van der Waals surface area contributed by atoms with Gasteiger partial charge in [0.25, 0.3) is 5.91 Å². The van der Waals surface area contributed by atoms with E-state index in [1.807, 2.05) is 31.2 Å². The summed E-state index contributed by atoms with van der Waals surface area (Å²) >= 11 is 0. The summed E-state index contributed by atoms with van der Waals surface area (Å²) in [5.74, 6) is 0.651. The van der Waals surface area contributed by atoms with Crippen molar-refractivity contribution >= 4 is 29.7 Å². The van der Waals surface area contributed by atoms with Crippen molar-refractivity contribution in [3.63, 3.8) is 0 Å². The van der Waals surface area contributed by atoms with Crippen LogP contribution in [-0.2, 0) is 20.8 Å². The van der Waals surface area contributed by atoms with Gasteiger partial charge in [0.05, 0.1) is 31.0 Å². The molecular formula is C34H45N3O8. The number of ether oxygens (including phenoxy) is 4. The Kier molecular flexibility index (Phi) is 9.99. The maximum atomic E-state index is 14.1. The lowest BCUT2D eigenvalue weighted by Gasteiger charge is -2.32. The molecule has 2 aromatic rings. The molecular weight excluding hydrogens is 578 g/mol. The van der Waals surface area contributed by atoms with Crippen LogP contribution in [0.5, 0.6) is 11.5 Å². The molecule has 4 rings (SSSR count). The SMILES string of the molecule is CCOc1cc([C@@H](CCN(C(=O)OC(C)(C)C)C(=O)OC(C)(C)C)N2Cc3cccc(NC(=O)C4CC4)c3C2=O)ccc1OC. The Labute approximate surface area is 265 Å². The van der Waals surface area contributed by atoms with Gasteiger partial charge in [-0.3, -0.25) is 9.59 Å². The number of hydrogen-bond acceptors (Lipinski definition) is 8. The van der Waals surface area contributed by atoms with E-state index in [9.17, 15) is 19.2 Å². The first-order chi connectivity index (χ1) is 21.1. The summed E-state index contributed by atoms with van der Waals surface area (Å²) in [5.41, 5.74) is 0.696. The first kappa shape index (κ1) is 33.6. The summed E-state index contributed by atoms with van der Waals surface area (Å²) in [7, 11) is 1.55. The quantitative estimate of drug-likeness (QED) is 0.310. The average molecular weight is 624 g/mol. The van der Waals surface area contributed by atoms with Gasteiger partial charge < -0.3 is 29.2 Å². The van der Waals surface area contributed by atoms with Gasteiger partial charge >= 0.3 is 12.2 Å². The molecule has 4 amide bonds. The Morgan fingerprint density at radius 1 is 0.978 bits per heavy atom. The molecule has 244 valence electrons. The zero-order valence-corrected chi connectivity index (χ0v) is 27.5. The average Bonchev–Trinajstić information content (AvgIpc) is 3.73. The number of nitrogens with zero attached hydrogens (tertiary/aromatic N) is 2. The monoisotopic (exact) mass is 623 g/mol. The van der Waals surface area contributed by atoms with Gasteiger partial charge in [0.1, 0.15) is 11.2 Å². The first-order valence-corrected chi connectivity index (χ1v) is 15.4. The van der Waals surface area contributed by atoms with Gasteiger partial charge in [0.15, 0.2) is 11.5 Å². The molecule has 1 aliphatic heterocycles. The highest BCUT2D eigenvalue weighted by Crippen LogP contribution is 2.40. The molecule has 1 fully saturated rings. The van der Waals surface area contributed by atoms with Crippen molar-refractivity contribution in [1.29, 1.82) is 0 Å². The zero-order chi connectivity index (χ0) is 33.1. The second kappa shape index (κ2) is 13.4. The molecule has 0 unspecified atom stereocenters. The number of imide groups is 1. The molecule has 45 heavy (non-hydrogen) atoms. The molecule has 0 bridgehead atoms. The summed E-state index contributed by atoms with van der Waals surface area (Å²) in [4.78, 5) is 55.9. The summed E-state index contributed by atoms with van der Waals surface area (Å²) in [5, 5.41) is 2.94. The minimum Gasteiger partial charge on any atom is -0.493 e. The highest BCUT2D eigenvalue weighted by molar-refractivity contribution is 6.07. The minimum atomic E-state index is -0.854. The summed E-state index contributed by atoms with van der Waals surface area (Å²) in [6.45, 7) is 12.7. The number of hydrogen-bond donors (Lipinski definition) is 1. The van der Waals surface area contributed by atoms with Crippen LogP contribution in [0.1, 0.15) is 95.3 Å². The van der Waals surface area contributed by atoms with Crippen molar-refractivity contribution in [2.75, 3.05) is 25.6 Å². The van der Waals surface area contributed by atoms with E-state index in [0.717, 1.165) is 28.9 Å². The van der Waals surface area contributed by atoms with E-state index in [1.54, 1.807) is 65.7 Å². The number of nitrogens with one attached hydrogen (secondary N) is 1. The van der Waals surface area contributed by atoms with Crippen molar-refractivity contribution in [2.24, 2.45) is 5.92 Å². The minimum absolute atomic E-state index is 0.0239. The van der Waals surface area contributed by atoms with Gasteiger partial charge in [0, 0.05) is 19.0 Å². The second-order valence-electron chi connectivity index (χ2n) is 13.3. The molecule has 11 heteroatoms. The second-order valence-corrected chi connectivity index (χ2v) is 13.3. The fourth-order valence-corrected chi connectivity index (χ4v) is 5.13. The number of carbonyl (C=O) groups is 4. The summed E-state index contributed by atoms with van der Waals surface area (Å²) < 4.78 is 22.4. The standard InChI is InChI=1S/C34H45N3O8/c1-9-43-27-19-22(15-16-26(27)42-8)25(17-18-36(31(40)44-33(2,3)4)32(41)45-34(5,6)7)37-20-23-11-10-12-24(28(23)30(37)39)35-29(38)21-13-14-21/h10-12,15-16,19,21,25H,9,13-14,17-18,20H2,1-8H3,(H,35,38)/t25-/m1/s1. The summed E-state index contributed by atoms with van der Waals surface area (Å²) in [6.07, 6.45) is 0.158. The fourth-order valence-electron chi connectivity index (χ4n) is 5.13. The predicted molar refractivity (Wildman–Crippen MR) is 168 cm³/mol. The lowest BCUT2D eigenvalue weighted by Crippen LogP contribution is -2.45. The topological polar surface area (TPSA) is 124 Å². The molecule has 0 aromatic heterocycles. The van der Waals surface area contributed by atoms with E-state index < -0.39 is 29.4 Å². The third-order valence-corrected chi connectivity index (χ3v) is 7.27. The molecule has 0 saturated heterocycles. The van der Waals surface area contributed by atoms with Gasteiger partial charge in [-0.25, -0.2) is 14.5 Å². The molecule has 0 radical (unpaired) electrons. The number of carbonyl (C=O) groups excluding carboxylic acids is 4. The molecule has 11 nitrogen and oxygen atoms in total. The molecule has 1 N–H and O–H groups in total. The Hall–Kier alpha value is -4.28. The molecule has 1 heterocycles. The van der Waals surface area contributed by atoms with Crippen LogP contribution in [0.15, 0.2) is 36.4 Å². The number of fused-ring (bicyclic) bond motifs is 1.